The minimum atomic E-state index is -0.234. The second-order valence-corrected chi connectivity index (χ2v) is 7.37. The molecule has 1 amide bonds. The van der Waals surface area contributed by atoms with E-state index in [1.807, 2.05) is 62.5 Å². The number of hydrogen-bond acceptors (Lipinski definition) is 4. The lowest BCUT2D eigenvalue weighted by molar-refractivity contribution is -0.115. The van der Waals surface area contributed by atoms with Gasteiger partial charge in [-0.25, -0.2) is 9.67 Å². The van der Waals surface area contributed by atoms with Crippen LogP contribution in [0.4, 0.5) is 5.69 Å². The van der Waals surface area contributed by atoms with Crippen molar-refractivity contribution in [2.24, 2.45) is 7.05 Å². The maximum atomic E-state index is 12.8. The molecule has 1 N–H and O–H groups in total. The Labute approximate surface area is 162 Å². The number of anilines is 1. The van der Waals surface area contributed by atoms with Crippen molar-refractivity contribution < 1.29 is 4.79 Å². The zero-order valence-corrected chi connectivity index (χ0v) is 16.4. The molecule has 0 fully saturated rings. The number of benzene rings is 1. The lowest BCUT2D eigenvalue weighted by atomic mass is 10.3. The average Bonchev–Trinajstić information content (AvgIpc) is 2.87. The molecule has 140 valence electrons. The van der Waals surface area contributed by atoms with Crippen LogP contribution >= 0.6 is 11.8 Å². The Bertz CT molecular complexity index is 991. The molecule has 27 heavy (non-hydrogen) atoms. The minimum Gasteiger partial charge on any atom is -0.320 e. The van der Waals surface area contributed by atoms with Crippen LogP contribution in [0, 0.1) is 13.8 Å². The van der Waals surface area contributed by atoms with Crippen LogP contribution in [0.2, 0.25) is 0 Å². The average molecular weight is 382 g/mol. The number of amides is 1. The normalized spacial score (nSPS) is 10.8. The standard InChI is InChI=1S/C20H22N4O2S/c1-14-9-10-18(21-13-14)27-12-11-17(25)22-19-15(2)23(3)24(20(19)26)16-7-5-4-6-8-16/h4-10,13H,11-12H2,1-3H3,(H,22,25). The van der Waals surface area contributed by atoms with Crippen molar-refractivity contribution in [2.75, 3.05) is 11.1 Å². The van der Waals surface area contributed by atoms with Crippen LogP contribution in [0.25, 0.3) is 5.69 Å². The zero-order chi connectivity index (χ0) is 19.4. The highest BCUT2D eigenvalue weighted by Gasteiger charge is 2.17. The molecule has 7 heteroatoms. The van der Waals surface area contributed by atoms with E-state index in [1.54, 1.807) is 16.4 Å². The van der Waals surface area contributed by atoms with E-state index in [0.29, 0.717) is 23.6 Å². The molecule has 0 saturated heterocycles. The van der Waals surface area contributed by atoms with Crippen LogP contribution in [0.3, 0.4) is 0 Å². The van der Waals surface area contributed by atoms with Crippen LogP contribution in [-0.2, 0) is 11.8 Å². The van der Waals surface area contributed by atoms with Crippen LogP contribution < -0.4 is 10.9 Å². The van der Waals surface area contributed by atoms with Gasteiger partial charge in [0.05, 0.1) is 16.4 Å². The van der Waals surface area contributed by atoms with Gasteiger partial charge < -0.3 is 5.32 Å². The first-order valence-electron chi connectivity index (χ1n) is 8.66. The third-order valence-electron chi connectivity index (χ3n) is 4.28. The number of para-hydroxylation sites is 1. The first kappa shape index (κ1) is 19.0. The van der Waals surface area contributed by atoms with E-state index in [2.05, 4.69) is 10.3 Å². The Hall–Kier alpha value is -2.80. The number of rotatable bonds is 6. The van der Waals surface area contributed by atoms with Crippen LogP contribution in [0.1, 0.15) is 17.7 Å². The van der Waals surface area contributed by atoms with Crippen LogP contribution in [0.5, 0.6) is 0 Å². The van der Waals surface area contributed by atoms with E-state index in [-0.39, 0.29) is 11.5 Å². The zero-order valence-electron chi connectivity index (χ0n) is 15.6. The Morgan fingerprint density at radius 1 is 1.15 bits per heavy atom. The lowest BCUT2D eigenvalue weighted by Crippen LogP contribution is -2.23. The summed E-state index contributed by atoms with van der Waals surface area (Å²) in [6.07, 6.45) is 2.11. The molecule has 3 rings (SSSR count). The van der Waals surface area contributed by atoms with E-state index < -0.39 is 0 Å². The molecule has 0 atom stereocenters. The number of carbonyl (C=O) groups is 1. The van der Waals surface area contributed by atoms with Gasteiger partial charge in [0.15, 0.2) is 0 Å². The van der Waals surface area contributed by atoms with Crippen LogP contribution in [0.15, 0.2) is 58.5 Å². The van der Waals surface area contributed by atoms with Crippen LogP contribution in [-0.4, -0.2) is 26.0 Å². The predicted molar refractivity (Wildman–Crippen MR) is 109 cm³/mol. The highest BCUT2D eigenvalue weighted by atomic mass is 32.2. The Morgan fingerprint density at radius 2 is 1.89 bits per heavy atom. The largest absolute Gasteiger partial charge is 0.320 e. The molecule has 1 aromatic carbocycles. The number of nitrogens with one attached hydrogen (secondary N) is 1. The molecule has 0 spiro atoms. The van der Waals surface area contributed by atoms with Gasteiger partial charge in [0.1, 0.15) is 5.69 Å². The van der Waals surface area contributed by atoms with Gasteiger partial charge in [0.2, 0.25) is 5.91 Å². The highest BCUT2D eigenvalue weighted by molar-refractivity contribution is 7.99. The summed E-state index contributed by atoms with van der Waals surface area (Å²) in [5.74, 6) is 0.418. The van der Waals surface area contributed by atoms with Gasteiger partial charge >= 0.3 is 0 Å². The molecule has 0 aliphatic carbocycles. The molecule has 0 aliphatic heterocycles. The van der Waals surface area contributed by atoms with Crippen molar-refractivity contribution in [3.8, 4) is 5.69 Å². The van der Waals surface area contributed by atoms with Gasteiger partial charge in [-0.05, 0) is 37.6 Å². The summed E-state index contributed by atoms with van der Waals surface area (Å²) in [5, 5.41) is 3.66. The van der Waals surface area contributed by atoms with E-state index in [4.69, 9.17) is 0 Å². The van der Waals surface area contributed by atoms with Crippen molar-refractivity contribution in [1.82, 2.24) is 14.3 Å². The minimum absolute atomic E-state index is 0.180. The third-order valence-corrected chi connectivity index (χ3v) is 5.23. The quantitative estimate of drug-likeness (QED) is 0.664. The van der Waals surface area contributed by atoms with Crippen molar-refractivity contribution >= 4 is 23.4 Å². The van der Waals surface area contributed by atoms with Gasteiger partial charge in [-0.15, -0.1) is 11.8 Å². The van der Waals surface area contributed by atoms with E-state index in [9.17, 15) is 9.59 Å². The van der Waals surface area contributed by atoms with Gasteiger partial charge in [-0.1, -0.05) is 24.3 Å². The Kier molecular flexibility index (Phi) is 5.81. The molecule has 2 aromatic heterocycles. The molecule has 0 radical (unpaired) electrons. The molecular weight excluding hydrogens is 360 g/mol. The van der Waals surface area contributed by atoms with E-state index in [0.717, 1.165) is 16.3 Å². The lowest BCUT2D eigenvalue weighted by Gasteiger charge is -2.07. The predicted octanol–water partition coefficient (Wildman–Crippen LogP) is 3.31. The first-order valence-corrected chi connectivity index (χ1v) is 9.65. The molecule has 0 saturated carbocycles. The maximum absolute atomic E-state index is 12.8. The van der Waals surface area contributed by atoms with Gasteiger partial charge in [0.25, 0.3) is 5.56 Å². The SMILES string of the molecule is Cc1ccc(SCCC(=O)Nc2c(C)n(C)n(-c3ccccc3)c2=O)nc1. The summed E-state index contributed by atoms with van der Waals surface area (Å²) < 4.78 is 3.30. The highest BCUT2D eigenvalue weighted by Crippen LogP contribution is 2.17. The van der Waals surface area contributed by atoms with Crippen molar-refractivity contribution in [1.29, 1.82) is 0 Å². The summed E-state index contributed by atoms with van der Waals surface area (Å²) >= 11 is 1.52. The molecule has 3 aromatic rings. The van der Waals surface area contributed by atoms with Gasteiger partial charge in [0, 0.05) is 25.4 Å². The number of hydrogen-bond donors (Lipinski definition) is 1. The molecule has 0 unspecified atom stereocenters. The molecule has 0 aliphatic rings. The number of pyridine rings is 1. The van der Waals surface area contributed by atoms with Crippen molar-refractivity contribution in [3.05, 3.63) is 70.3 Å². The second-order valence-electron chi connectivity index (χ2n) is 6.26. The number of aryl methyl sites for hydroxylation is 1. The smallest absolute Gasteiger partial charge is 0.295 e. The fraction of sp³-hybridized carbons (Fsp3) is 0.250. The molecular formula is C20H22N4O2S. The second kappa shape index (κ2) is 8.26. The number of nitrogens with zero attached hydrogens (tertiary/aromatic N) is 3. The Morgan fingerprint density at radius 3 is 2.56 bits per heavy atom. The molecule has 6 nitrogen and oxygen atoms in total. The first-order chi connectivity index (χ1) is 13.0. The van der Waals surface area contributed by atoms with Gasteiger partial charge in [-0.2, -0.15) is 0 Å². The fourth-order valence-corrected chi connectivity index (χ4v) is 3.49. The Balaban J connectivity index is 1.67. The summed E-state index contributed by atoms with van der Waals surface area (Å²) in [4.78, 5) is 29.4. The summed E-state index contributed by atoms with van der Waals surface area (Å²) in [6.45, 7) is 3.81. The van der Waals surface area contributed by atoms with Crippen molar-refractivity contribution in [2.45, 2.75) is 25.3 Å². The van der Waals surface area contributed by atoms with Gasteiger partial charge in [-0.3, -0.25) is 14.3 Å². The molecule has 0 bridgehead atoms. The topological polar surface area (TPSA) is 68.9 Å². The maximum Gasteiger partial charge on any atom is 0.295 e. The third kappa shape index (κ3) is 4.31. The number of carbonyl (C=O) groups excluding carboxylic acids is 1. The summed E-state index contributed by atoms with van der Waals surface area (Å²) in [5.41, 5.74) is 2.67. The fourth-order valence-electron chi connectivity index (χ4n) is 2.70. The van der Waals surface area contributed by atoms with E-state index >= 15 is 0 Å². The van der Waals surface area contributed by atoms with Crippen molar-refractivity contribution in [3.63, 3.8) is 0 Å². The number of aromatic nitrogens is 3. The number of thioether (sulfide) groups is 1. The monoisotopic (exact) mass is 382 g/mol. The molecule has 2 heterocycles. The van der Waals surface area contributed by atoms with E-state index in [1.165, 1.54) is 11.8 Å². The summed E-state index contributed by atoms with van der Waals surface area (Å²) in [6, 6.07) is 13.3. The summed E-state index contributed by atoms with van der Waals surface area (Å²) in [7, 11) is 1.80.